The highest BCUT2D eigenvalue weighted by atomic mass is 19.1. The van der Waals surface area contributed by atoms with E-state index < -0.39 is 0 Å². The van der Waals surface area contributed by atoms with Gasteiger partial charge in [0.15, 0.2) is 5.65 Å². The molecule has 0 spiro atoms. The van der Waals surface area contributed by atoms with E-state index in [-0.39, 0.29) is 5.82 Å². The van der Waals surface area contributed by atoms with Gasteiger partial charge in [-0.1, -0.05) is 6.07 Å². The molecule has 0 atom stereocenters. The summed E-state index contributed by atoms with van der Waals surface area (Å²) in [5, 5.41) is 5.92. The highest BCUT2D eigenvalue weighted by molar-refractivity contribution is 5.85. The van der Waals surface area contributed by atoms with E-state index in [0.717, 1.165) is 28.2 Å². The molecule has 3 heterocycles. The normalized spacial score (nSPS) is 11.5. The van der Waals surface area contributed by atoms with Crippen molar-refractivity contribution in [3.8, 4) is 22.5 Å². The summed E-state index contributed by atoms with van der Waals surface area (Å²) >= 11 is 0. The van der Waals surface area contributed by atoms with Crippen molar-refractivity contribution in [2.45, 2.75) is 0 Å². The quantitative estimate of drug-likeness (QED) is 0.466. The zero-order valence-corrected chi connectivity index (χ0v) is 14.1. The van der Waals surface area contributed by atoms with E-state index in [1.165, 1.54) is 23.0 Å². The number of hydrogen-bond acceptors (Lipinski definition) is 2. The second-order valence-corrected chi connectivity index (χ2v) is 6.34. The third-order valence-electron chi connectivity index (χ3n) is 4.68. The van der Waals surface area contributed by atoms with Crippen LogP contribution in [0, 0.1) is 5.82 Å². The number of aromatic nitrogens is 4. The maximum absolute atomic E-state index is 13.2. The maximum Gasteiger partial charge on any atom is 0.156 e. The summed E-state index contributed by atoms with van der Waals surface area (Å²) in [6.45, 7) is 0. The third-order valence-corrected chi connectivity index (χ3v) is 4.68. The van der Waals surface area contributed by atoms with Crippen LogP contribution in [0.1, 0.15) is 0 Å². The standard InChI is InChI=1S/C21H15FN4/c1-25-11-9-16-12-15(4-7-19(16)25)18-13-21-23-10-8-20(26(21)24-18)14-2-5-17(22)6-3-14/h2-13H,1H3. The molecular formula is C21H15FN4. The smallest absolute Gasteiger partial charge is 0.156 e. The lowest BCUT2D eigenvalue weighted by Crippen LogP contribution is -1.95. The van der Waals surface area contributed by atoms with Crippen molar-refractivity contribution in [3.63, 3.8) is 0 Å². The summed E-state index contributed by atoms with van der Waals surface area (Å²) in [5.74, 6) is -0.253. The topological polar surface area (TPSA) is 35.1 Å². The SMILES string of the molecule is Cn1ccc2cc(-c3cc4nccc(-c5ccc(F)cc5)n4n3)ccc21. The van der Waals surface area contributed by atoms with Crippen LogP contribution in [0.25, 0.3) is 39.1 Å². The molecule has 5 aromatic rings. The molecule has 5 heteroatoms. The predicted molar refractivity (Wildman–Crippen MR) is 100 cm³/mol. The Morgan fingerprint density at radius 3 is 2.54 bits per heavy atom. The van der Waals surface area contributed by atoms with Gasteiger partial charge in [0.2, 0.25) is 0 Å². The monoisotopic (exact) mass is 342 g/mol. The lowest BCUT2D eigenvalue weighted by Gasteiger charge is -2.04. The first-order valence-electron chi connectivity index (χ1n) is 8.35. The van der Waals surface area contributed by atoms with Gasteiger partial charge in [0.1, 0.15) is 5.82 Å². The fraction of sp³-hybridized carbons (Fsp3) is 0.0476. The number of hydrogen-bond donors (Lipinski definition) is 0. The molecule has 0 saturated heterocycles. The van der Waals surface area contributed by atoms with Crippen LogP contribution in [0.2, 0.25) is 0 Å². The molecule has 26 heavy (non-hydrogen) atoms. The number of rotatable bonds is 2. The average Bonchev–Trinajstić information content (AvgIpc) is 3.26. The Hall–Kier alpha value is -3.47. The Balaban J connectivity index is 1.67. The molecule has 2 aromatic carbocycles. The summed E-state index contributed by atoms with van der Waals surface area (Å²) in [4.78, 5) is 4.42. The molecule has 0 aliphatic rings. The van der Waals surface area contributed by atoms with Crippen molar-refractivity contribution in [1.29, 1.82) is 0 Å². The predicted octanol–water partition coefficient (Wildman–Crippen LogP) is 4.69. The van der Waals surface area contributed by atoms with E-state index in [4.69, 9.17) is 5.10 Å². The molecular weight excluding hydrogens is 327 g/mol. The molecule has 126 valence electrons. The van der Waals surface area contributed by atoms with Crippen molar-refractivity contribution in [1.82, 2.24) is 19.2 Å². The van der Waals surface area contributed by atoms with Crippen molar-refractivity contribution in [2.24, 2.45) is 7.05 Å². The minimum absolute atomic E-state index is 0.253. The molecule has 0 saturated carbocycles. The van der Waals surface area contributed by atoms with Gasteiger partial charge in [-0.2, -0.15) is 5.10 Å². The van der Waals surface area contributed by atoms with E-state index in [1.54, 1.807) is 22.8 Å². The summed E-state index contributed by atoms with van der Waals surface area (Å²) in [6.07, 6.45) is 3.80. The molecule has 0 radical (unpaired) electrons. The highest BCUT2D eigenvalue weighted by Crippen LogP contribution is 2.27. The van der Waals surface area contributed by atoms with E-state index >= 15 is 0 Å². The van der Waals surface area contributed by atoms with E-state index in [9.17, 15) is 4.39 Å². The Labute approximate surface area is 149 Å². The molecule has 0 aliphatic heterocycles. The minimum atomic E-state index is -0.253. The summed E-state index contributed by atoms with van der Waals surface area (Å²) in [6, 6.07) is 18.7. The van der Waals surface area contributed by atoms with Crippen LogP contribution < -0.4 is 0 Å². The first kappa shape index (κ1) is 14.8. The van der Waals surface area contributed by atoms with E-state index in [0.29, 0.717) is 0 Å². The average molecular weight is 342 g/mol. The second kappa shape index (κ2) is 5.52. The van der Waals surface area contributed by atoms with Crippen LogP contribution in [0.15, 0.2) is 73.1 Å². The molecule has 5 rings (SSSR count). The van der Waals surface area contributed by atoms with Crippen molar-refractivity contribution < 1.29 is 4.39 Å². The molecule has 0 bridgehead atoms. The van der Waals surface area contributed by atoms with Gasteiger partial charge in [-0.3, -0.25) is 0 Å². The van der Waals surface area contributed by atoms with Gasteiger partial charge in [0.05, 0.1) is 11.4 Å². The summed E-state index contributed by atoms with van der Waals surface area (Å²) in [7, 11) is 2.03. The Morgan fingerprint density at radius 2 is 1.69 bits per heavy atom. The minimum Gasteiger partial charge on any atom is -0.351 e. The first-order chi connectivity index (χ1) is 12.7. The van der Waals surface area contributed by atoms with Crippen LogP contribution in [0.3, 0.4) is 0 Å². The number of aryl methyl sites for hydroxylation is 1. The van der Waals surface area contributed by atoms with Crippen LogP contribution in [0.4, 0.5) is 4.39 Å². The maximum atomic E-state index is 13.2. The highest BCUT2D eigenvalue weighted by Gasteiger charge is 2.11. The van der Waals surface area contributed by atoms with Gasteiger partial charge in [-0.25, -0.2) is 13.9 Å². The van der Waals surface area contributed by atoms with Gasteiger partial charge in [0, 0.05) is 47.5 Å². The summed E-state index contributed by atoms with van der Waals surface area (Å²) < 4.78 is 17.1. The second-order valence-electron chi connectivity index (χ2n) is 6.34. The number of nitrogens with zero attached hydrogens (tertiary/aromatic N) is 4. The van der Waals surface area contributed by atoms with Crippen molar-refractivity contribution in [2.75, 3.05) is 0 Å². The van der Waals surface area contributed by atoms with Gasteiger partial charge in [-0.05, 0) is 48.5 Å². The van der Waals surface area contributed by atoms with Crippen LogP contribution in [0.5, 0.6) is 0 Å². The molecule has 0 unspecified atom stereocenters. The molecule has 0 fully saturated rings. The molecule has 3 aromatic heterocycles. The van der Waals surface area contributed by atoms with Gasteiger partial charge >= 0.3 is 0 Å². The largest absolute Gasteiger partial charge is 0.351 e. The fourth-order valence-electron chi connectivity index (χ4n) is 3.32. The summed E-state index contributed by atoms with van der Waals surface area (Å²) in [5.41, 5.74) is 5.61. The lowest BCUT2D eigenvalue weighted by atomic mass is 10.1. The molecule has 0 amide bonds. The Kier molecular flexibility index (Phi) is 3.15. The number of benzene rings is 2. The van der Waals surface area contributed by atoms with Crippen LogP contribution in [-0.4, -0.2) is 19.2 Å². The van der Waals surface area contributed by atoms with Crippen molar-refractivity contribution in [3.05, 3.63) is 78.9 Å². The third kappa shape index (κ3) is 2.29. The molecule has 0 aliphatic carbocycles. The number of halogens is 1. The van der Waals surface area contributed by atoms with E-state index in [2.05, 4.69) is 33.8 Å². The first-order valence-corrected chi connectivity index (χ1v) is 8.35. The fourth-order valence-corrected chi connectivity index (χ4v) is 3.32. The Morgan fingerprint density at radius 1 is 0.885 bits per heavy atom. The number of fused-ring (bicyclic) bond motifs is 2. The zero-order chi connectivity index (χ0) is 17.7. The molecule has 0 N–H and O–H groups in total. The van der Waals surface area contributed by atoms with Gasteiger partial charge in [-0.15, -0.1) is 0 Å². The zero-order valence-electron chi connectivity index (χ0n) is 14.1. The Bertz CT molecular complexity index is 1250. The van der Waals surface area contributed by atoms with Gasteiger partial charge < -0.3 is 4.57 Å². The van der Waals surface area contributed by atoms with Crippen LogP contribution in [-0.2, 0) is 7.05 Å². The molecule has 4 nitrogen and oxygen atoms in total. The van der Waals surface area contributed by atoms with E-state index in [1.807, 2.05) is 25.4 Å². The lowest BCUT2D eigenvalue weighted by molar-refractivity contribution is 0.628. The van der Waals surface area contributed by atoms with Crippen molar-refractivity contribution >= 4 is 16.6 Å². The van der Waals surface area contributed by atoms with Gasteiger partial charge in [0.25, 0.3) is 0 Å². The van der Waals surface area contributed by atoms with Crippen LogP contribution >= 0.6 is 0 Å².